The molecule has 118 valence electrons. The maximum absolute atomic E-state index is 12.0. The molecule has 0 aromatic carbocycles. The SMILES string of the molecule is CCOCCOC(C)C(=O)N(C)CC(=O)NC(C)(C)C. The average Bonchev–Trinajstić information content (AvgIpc) is 2.30. The van der Waals surface area contributed by atoms with E-state index in [1.807, 2.05) is 27.7 Å². The van der Waals surface area contributed by atoms with Crippen LogP contribution >= 0.6 is 0 Å². The number of ether oxygens (including phenoxy) is 2. The van der Waals surface area contributed by atoms with Crippen molar-refractivity contribution in [3.63, 3.8) is 0 Å². The largest absolute Gasteiger partial charge is 0.379 e. The van der Waals surface area contributed by atoms with Crippen LogP contribution in [0.3, 0.4) is 0 Å². The number of nitrogens with zero attached hydrogens (tertiary/aromatic N) is 1. The lowest BCUT2D eigenvalue weighted by Gasteiger charge is -2.25. The van der Waals surface area contributed by atoms with Crippen LogP contribution < -0.4 is 5.32 Å². The van der Waals surface area contributed by atoms with Crippen molar-refractivity contribution in [2.45, 2.75) is 46.3 Å². The third-order valence-corrected chi connectivity index (χ3v) is 2.42. The minimum atomic E-state index is -0.581. The zero-order valence-corrected chi connectivity index (χ0v) is 13.5. The summed E-state index contributed by atoms with van der Waals surface area (Å²) in [6.45, 7) is 10.7. The predicted molar refractivity (Wildman–Crippen MR) is 77.4 cm³/mol. The van der Waals surface area contributed by atoms with E-state index in [0.717, 1.165) is 0 Å². The molecule has 0 aliphatic heterocycles. The first-order valence-electron chi connectivity index (χ1n) is 6.92. The van der Waals surface area contributed by atoms with Crippen molar-refractivity contribution in [3.8, 4) is 0 Å². The van der Waals surface area contributed by atoms with E-state index in [1.54, 1.807) is 14.0 Å². The van der Waals surface area contributed by atoms with E-state index in [9.17, 15) is 9.59 Å². The molecule has 0 aliphatic carbocycles. The summed E-state index contributed by atoms with van der Waals surface area (Å²) in [5.41, 5.74) is -0.305. The van der Waals surface area contributed by atoms with Crippen molar-refractivity contribution in [3.05, 3.63) is 0 Å². The maximum atomic E-state index is 12.0. The minimum Gasteiger partial charge on any atom is -0.379 e. The normalized spacial score (nSPS) is 12.9. The summed E-state index contributed by atoms with van der Waals surface area (Å²) in [4.78, 5) is 25.1. The Balaban J connectivity index is 4.10. The zero-order valence-electron chi connectivity index (χ0n) is 13.5. The quantitative estimate of drug-likeness (QED) is 0.671. The molecule has 0 aliphatic rings. The van der Waals surface area contributed by atoms with Crippen LogP contribution in [0.25, 0.3) is 0 Å². The number of amides is 2. The Bertz CT molecular complexity index is 313. The first kappa shape index (κ1) is 18.9. The Labute approximate surface area is 121 Å². The van der Waals surface area contributed by atoms with Gasteiger partial charge in [0.25, 0.3) is 5.91 Å². The van der Waals surface area contributed by atoms with E-state index in [0.29, 0.717) is 19.8 Å². The highest BCUT2D eigenvalue weighted by Gasteiger charge is 2.21. The molecule has 0 aromatic rings. The molecule has 1 N–H and O–H groups in total. The predicted octanol–water partition coefficient (Wildman–Crippen LogP) is 0.801. The highest BCUT2D eigenvalue weighted by atomic mass is 16.5. The maximum Gasteiger partial charge on any atom is 0.251 e. The van der Waals surface area contributed by atoms with Gasteiger partial charge in [-0.15, -0.1) is 0 Å². The van der Waals surface area contributed by atoms with Crippen molar-refractivity contribution >= 4 is 11.8 Å². The van der Waals surface area contributed by atoms with Gasteiger partial charge in [0.15, 0.2) is 0 Å². The van der Waals surface area contributed by atoms with Gasteiger partial charge >= 0.3 is 0 Å². The van der Waals surface area contributed by atoms with Gasteiger partial charge in [0.1, 0.15) is 6.10 Å². The van der Waals surface area contributed by atoms with Crippen molar-refractivity contribution in [1.29, 1.82) is 0 Å². The van der Waals surface area contributed by atoms with E-state index < -0.39 is 6.10 Å². The van der Waals surface area contributed by atoms with Crippen molar-refractivity contribution in [1.82, 2.24) is 10.2 Å². The summed E-state index contributed by atoms with van der Waals surface area (Å²) >= 11 is 0. The van der Waals surface area contributed by atoms with Gasteiger partial charge in [-0.25, -0.2) is 0 Å². The second-order valence-electron chi connectivity index (χ2n) is 5.70. The van der Waals surface area contributed by atoms with Gasteiger partial charge in [-0.3, -0.25) is 9.59 Å². The molecule has 2 amide bonds. The van der Waals surface area contributed by atoms with E-state index >= 15 is 0 Å². The molecule has 0 fully saturated rings. The second-order valence-corrected chi connectivity index (χ2v) is 5.70. The molecule has 0 spiro atoms. The van der Waals surface area contributed by atoms with E-state index in [1.165, 1.54) is 4.90 Å². The molecule has 0 saturated carbocycles. The first-order chi connectivity index (χ1) is 9.17. The van der Waals surface area contributed by atoms with Crippen molar-refractivity contribution < 1.29 is 19.1 Å². The fourth-order valence-electron chi connectivity index (χ4n) is 1.56. The third-order valence-electron chi connectivity index (χ3n) is 2.42. The summed E-state index contributed by atoms with van der Waals surface area (Å²) in [5, 5.41) is 2.81. The lowest BCUT2D eigenvalue weighted by atomic mass is 10.1. The van der Waals surface area contributed by atoms with Crippen molar-refractivity contribution in [2.24, 2.45) is 0 Å². The molecule has 6 heteroatoms. The molecular formula is C14H28N2O4. The first-order valence-corrected chi connectivity index (χ1v) is 6.92. The standard InChI is InChI=1S/C14H28N2O4/c1-7-19-8-9-20-11(2)13(18)16(6)10-12(17)15-14(3,4)5/h11H,7-10H2,1-6H3,(H,15,17). The number of rotatable bonds is 8. The van der Waals surface area contributed by atoms with E-state index in [-0.39, 0.29) is 23.9 Å². The van der Waals surface area contributed by atoms with Gasteiger partial charge in [0.05, 0.1) is 19.8 Å². The lowest BCUT2D eigenvalue weighted by molar-refractivity contribution is -0.144. The van der Waals surface area contributed by atoms with Gasteiger partial charge in [-0.1, -0.05) is 0 Å². The molecule has 0 bridgehead atoms. The fraction of sp³-hybridized carbons (Fsp3) is 0.857. The second kappa shape index (κ2) is 8.92. The topological polar surface area (TPSA) is 67.9 Å². The van der Waals surface area contributed by atoms with Crippen molar-refractivity contribution in [2.75, 3.05) is 33.4 Å². The molecule has 20 heavy (non-hydrogen) atoms. The molecule has 1 unspecified atom stereocenters. The number of likely N-dealkylation sites (N-methyl/N-ethyl adjacent to an activating group) is 1. The molecule has 0 aromatic heterocycles. The zero-order chi connectivity index (χ0) is 15.8. The monoisotopic (exact) mass is 288 g/mol. The molecule has 0 heterocycles. The van der Waals surface area contributed by atoms with E-state index in [4.69, 9.17) is 9.47 Å². The minimum absolute atomic E-state index is 0.0231. The Hall–Kier alpha value is -1.14. The summed E-state index contributed by atoms with van der Waals surface area (Å²) in [6.07, 6.45) is -0.581. The molecular weight excluding hydrogens is 260 g/mol. The Morgan fingerprint density at radius 1 is 1.25 bits per heavy atom. The smallest absolute Gasteiger partial charge is 0.251 e. The van der Waals surface area contributed by atoms with Gasteiger partial charge in [0, 0.05) is 19.2 Å². The number of hydrogen-bond donors (Lipinski definition) is 1. The molecule has 0 saturated heterocycles. The summed E-state index contributed by atoms with van der Waals surface area (Å²) < 4.78 is 10.5. The Morgan fingerprint density at radius 3 is 2.35 bits per heavy atom. The van der Waals surface area contributed by atoms with Crippen LogP contribution in [0.15, 0.2) is 0 Å². The van der Waals surface area contributed by atoms with Gasteiger partial charge < -0.3 is 19.7 Å². The van der Waals surface area contributed by atoms with Crippen LogP contribution in [0.2, 0.25) is 0 Å². The average molecular weight is 288 g/mol. The molecule has 0 rings (SSSR count). The fourth-order valence-corrected chi connectivity index (χ4v) is 1.56. The summed E-state index contributed by atoms with van der Waals surface area (Å²) in [7, 11) is 1.59. The summed E-state index contributed by atoms with van der Waals surface area (Å²) in [5.74, 6) is -0.402. The van der Waals surface area contributed by atoms with E-state index in [2.05, 4.69) is 5.32 Å². The third kappa shape index (κ3) is 8.87. The highest BCUT2D eigenvalue weighted by molar-refractivity contribution is 5.86. The summed E-state index contributed by atoms with van der Waals surface area (Å²) in [6, 6.07) is 0. The number of nitrogens with one attached hydrogen (secondary N) is 1. The van der Waals surface area contributed by atoms with Crippen LogP contribution in [0, 0.1) is 0 Å². The van der Waals surface area contributed by atoms with Gasteiger partial charge in [-0.05, 0) is 34.6 Å². The Morgan fingerprint density at radius 2 is 1.85 bits per heavy atom. The highest BCUT2D eigenvalue weighted by Crippen LogP contribution is 2.01. The van der Waals surface area contributed by atoms with Crippen LogP contribution in [0.5, 0.6) is 0 Å². The molecule has 0 radical (unpaired) electrons. The van der Waals surface area contributed by atoms with Crippen LogP contribution in [-0.2, 0) is 19.1 Å². The Kier molecular flexibility index (Phi) is 8.41. The van der Waals surface area contributed by atoms with Crippen LogP contribution in [-0.4, -0.2) is 61.8 Å². The van der Waals surface area contributed by atoms with Gasteiger partial charge in [-0.2, -0.15) is 0 Å². The molecule has 1 atom stereocenters. The van der Waals surface area contributed by atoms with Crippen LogP contribution in [0.4, 0.5) is 0 Å². The molecule has 6 nitrogen and oxygen atoms in total. The lowest BCUT2D eigenvalue weighted by Crippen LogP contribution is -2.48. The van der Waals surface area contributed by atoms with Gasteiger partial charge in [0.2, 0.25) is 5.91 Å². The number of carbonyl (C=O) groups excluding carboxylic acids is 2. The number of hydrogen-bond acceptors (Lipinski definition) is 4. The number of carbonyl (C=O) groups is 2. The van der Waals surface area contributed by atoms with Crippen LogP contribution in [0.1, 0.15) is 34.6 Å².